The molecular formula is C20H24N2O2S. The van der Waals surface area contributed by atoms with Crippen molar-refractivity contribution in [3.8, 4) is 0 Å². The lowest BCUT2D eigenvalue weighted by Gasteiger charge is -2.20. The van der Waals surface area contributed by atoms with Crippen LogP contribution in [0.5, 0.6) is 0 Å². The van der Waals surface area contributed by atoms with Crippen LogP contribution in [0.4, 0.5) is 0 Å². The molecule has 2 aliphatic rings. The largest absolute Gasteiger partial charge is 0.360 e. The molecule has 1 aliphatic heterocycles. The normalized spacial score (nSPS) is 20.8. The first kappa shape index (κ1) is 16.7. The maximum atomic E-state index is 13.0. The Morgan fingerprint density at radius 2 is 2.08 bits per heavy atom. The van der Waals surface area contributed by atoms with Crippen LogP contribution in [0.15, 0.2) is 28.8 Å². The first-order valence-corrected chi connectivity index (χ1v) is 10.2. The van der Waals surface area contributed by atoms with E-state index in [0.717, 1.165) is 62.3 Å². The van der Waals surface area contributed by atoms with Crippen LogP contribution >= 0.6 is 11.8 Å². The molecule has 4 rings (SSSR count). The van der Waals surface area contributed by atoms with E-state index >= 15 is 0 Å². The molecule has 132 valence electrons. The molecule has 1 atom stereocenters. The summed E-state index contributed by atoms with van der Waals surface area (Å²) < 4.78 is 5.43. The second-order valence-electron chi connectivity index (χ2n) is 6.94. The van der Waals surface area contributed by atoms with Crippen molar-refractivity contribution < 1.29 is 9.32 Å². The summed E-state index contributed by atoms with van der Waals surface area (Å²) in [6, 6.07) is 8.59. The highest BCUT2D eigenvalue weighted by Gasteiger charge is 2.29. The topological polar surface area (TPSA) is 46.3 Å². The van der Waals surface area contributed by atoms with Gasteiger partial charge in [-0.2, -0.15) is 11.8 Å². The van der Waals surface area contributed by atoms with Crippen molar-refractivity contribution in [2.75, 3.05) is 18.8 Å². The molecular weight excluding hydrogens is 332 g/mol. The number of hydrogen-bond donors (Lipinski definition) is 0. The number of fused-ring (bicyclic) bond motifs is 1. The minimum Gasteiger partial charge on any atom is -0.360 e. The van der Waals surface area contributed by atoms with Crippen molar-refractivity contribution in [2.45, 2.75) is 44.3 Å². The Morgan fingerprint density at radius 3 is 2.96 bits per heavy atom. The van der Waals surface area contributed by atoms with E-state index in [1.807, 2.05) is 16.7 Å². The standard InChI is InChI=1S/C20H24N2O2S/c1-14-6-2-3-7-15(14)18-10-11-22(12-13-25-18)20(23)19-16-8-4-5-9-17(16)24-21-19/h2-3,6-7,18H,4-5,8-13H2,1H3. The highest BCUT2D eigenvalue weighted by molar-refractivity contribution is 7.99. The average molecular weight is 356 g/mol. The Hall–Kier alpha value is -1.75. The summed E-state index contributed by atoms with van der Waals surface area (Å²) in [7, 11) is 0. The first-order valence-electron chi connectivity index (χ1n) is 9.18. The predicted molar refractivity (Wildman–Crippen MR) is 100 cm³/mol. The second-order valence-corrected chi connectivity index (χ2v) is 8.25. The maximum absolute atomic E-state index is 13.0. The third-order valence-corrected chi connectivity index (χ3v) is 6.63. The smallest absolute Gasteiger partial charge is 0.276 e. The number of rotatable bonds is 2. The lowest BCUT2D eigenvalue weighted by atomic mass is 9.96. The Morgan fingerprint density at radius 1 is 1.24 bits per heavy atom. The zero-order valence-electron chi connectivity index (χ0n) is 14.7. The molecule has 2 aromatic rings. The van der Waals surface area contributed by atoms with Gasteiger partial charge in [0.2, 0.25) is 0 Å². The number of benzene rings is 1. The van der Waals surface area contributed by atoms with Gasteiger partial charge in [0.1, 0.15) is 5.76 Å². The van der Waals surface area contributed by atoms with E-state index in [9.17, 15) is 4.79 Å². The summed E-state index contributed by atoms with van der Waals surface area (Å²) in [6.45, 7) is 3.74. The van der Waals surface area contributed by atoms with Crippen molar-refractivity contribution in [1.82, 2.24) is 10.1 Å². The molecule has 0 saturated carbocycles. The van der Waals surface area contributed by atoms with E-state index < -0.39 is 0 Å². The Bertz CT molecular complexity index is 771. The van der Waals surface area contributed by atoms with Gasteiger partial charge < -0.3 is 9.42 Å². The molecule has 0 spiro atoms. The predicted octanol–water partition coefficient (Wildman–Crippen LogP) is 4.18. The van der Waals surface area contributed by atoms with E-state index in [0.29, 0.717) is 10.9 Å². The zero-order chi connectivity index (χ0) is 17.2. The van der Waals surface area contributed by atoms with Gasteiger partial charge in [0.15, 0.2) is 5.69 Å². The fourth-order valence-electron chi connectivity index (χ4n) is 3.87. The third kappa shape index (κ3) is 3.34. The molecule has 1 aromatic heterocycles. The van der Waals surface area contributed by atoms with Crippen LogP contribution in [0.2, 0.25) is 0 Å². The fourth-order valence-corrected chi connectivity index (χ4v) is 5.20. The molecule has 1 unspecified atom stereocenters. The van der Waals surface area contributed by atoms with Crippen LogP contribution in [0.25, 0.3) is 0 Å². The van der Waals surface area contributed by atoms with E-state index in [1.165, 1.54) is 11.1 Å². The Balaban J connectivity index is 1.48. The molecule has 1 aromatic carbocycles. The second kappa shape index (κ2) is 7.24. The first-order chi connectivity index (χ1) is 12.2. The summed E-state index contributed by atoms with van der Waals surface area (Å²) in [5.74, 6) is 1.94. The molecule has 1 saturated heterocycles. The van der Waals surface area contributed by atoms with Crippen LogP contribution in [-0.4, -0.2) is 34.8 Å². The number of amides is 1. The van der Waals surface area contributed by atoms with E-state index in [2.05, 4.69) is 36.3 Å². The molecule has 4 nitrogen and oxygen atoms in total. The molecule has 5 heteroatoms. The summed E-state index contributed by atoms with van der Waals surface area (Å²) >= 11 is 1.96. The van der Waals surface area contributed by atoms with E-state index in [4.69, 9.17) is 4.52 Å². The minimum atomic E-state index is 0.0536. The highest BCUT2D eigenvalue weighted by atomic mass is 32.2. The number of carbonyl (C=O) groups is 1. The summed E-state index contributed by atoms with van der Waals surface area (Å²) in [5.41, 5.74) is 4.36. The van der Waals surface area contributed by atoms with Gasteiger partial charge in [-0.1, -0.05) is 29.4 Å². The molecule has 0 bridgehead atoms. The van der Waals surface area contributed by atoms with Gasteiger partial charge in [0.25, 0.3) is 5.91 Å². The van der Waals surface area contributed by atoms with Crippen LogP contribution in [0.1, 0.15) is 57.5 Å². The number of hydrogen-bond acceptors (Lipinski definition) is 4. The number of nitrogens with zero attached hydrogens (tertiary/aromatic N) is 2. The monoisotopic (exact) mass is 356 g/mol. The lowest BCUT2D eigenvalue weighted by molar-refractivity contribution is 0.0755. The molecule has 1 aliphatic carbocycles. The number of aryl methyl sites for hydroxylation is 2. The Kier molecular flexibility index (Phi) is 4.84. The van der Waals surface area contributed by atoms with Crippen molar-refractivity contribution in [3.63, 3.8) is 0 Å². The summed E-state index contributed by atoms with van der Waals surface area (Å²) in [4.78, 5) is 15.0. The molecule has 1 amide bonds. The number of thioether (sulfide) groups is 1. The van der Waals surface area contributed by atoms with Gasteiger partial charge in [-0.05, 0) is 43.7 Å². The van der Waals surface area contributed by atoms with Crippen molar-refractivity contribution >= 4 is 17.7 Å². The fraction of sp³-hybridized carbons (Fsp3) is 0.500. The summed E-state index contributed by atoms with van der Waals surface area (Å²) in [5, 5.41) is 4.59. The number of carbonyl (C=O) groups excluding carboxylic acids is 1. The van der Waals surface area contributed by atoms with E-state index in [-0.39, 0.29) is 5.91 Å². The van der Waals surface area contributed by atoms with Gasteiger partial charge in [-0.25, -0.2) is 0 Å². The van der Waals surface area contributed by atoms with Crippen molar-refractivity contribution in [1.29, 1.82) is 0 Å². The molecule has 0 N–H and O–H groups in total. The molecule has 0 radical (unpaired) electrons. The zero-order valence-corrected chi connectivity index (χ0v) is 15.5. The lowest BCUT2D eigenvalue weighted by Crippen LogP contribution is -2.34. The van der Waals surface area contributed by atoms with Crippen LogP contribution in [0.3, 0.4) is 0 Å². The molecule has 25 heavy (non-hydrogen) atoms. The minimum absolute atomic E-state index is 0.0536. The SMILES string of the molecule is Cc1ccccc1C1CCN(C(=O)c2noc3c2CCCC3)CCS1. The third-order valence-electron chi connectivity index (χ3n) is 5.32. The maximum Gasteiger partial charge on any atom is 0.276 e. The number of aromatic nitrogens is 1. The van der Waals surface area contributed by atoms with Crippen molar-refractivity contribution in [2.24, 2.45) is 0 Å². The van der Waals surface area contributed by atoms with Crippen LogP contribution in [0, 0.1) is 6.92 Å². The van der Waals surface area contributed by atoms with Crippen LogP contribution < -0.4 is 0 Å². The molecule has 2 heterocycles. The van der Waals surface area contributed by atoms with Gasteiger partial charge in [-0.15, -0.1) is 0 Å². The van der Waals surface area contributed by atoms with Gasteiger partial charge in [-0.3, -0.25) is 4.79 Å². The molecule has 1 fully saturated rings. The van der Waals surface area contributed by atoms with Crippen LogP contribution in [-0.2, 0) is 12.8 Å². The highest BCUT2D eigenvalue weighted by Crippen LogP contribution is 2.36. The van der Waals surface area contributed by atoms with Gasteiger partial charge >= 0.3 is 0 Å². The van der Waals surface area contributed by atoms with Crippen molar-refractivity contribution in [3.05, 3.63) is 52.4 Å². The average Bonchev–Trinajstić information content (AvgIpc) is 2.91. The quantitative estimate of drug-likeness (QED) is 0.810. The van der Waals surface area contributed by atoms with Gasteiger partial charge in [0, 0.05) is 36.1 Å². The van der Waals surface area contributed by atoms with E-state index in [1.54, 1.807) is 0 Å². The Labute approximate surface area is 153 Å². The summed E-state index contributed by atoms with van der Waals surface area (Å²) in [6.07, 6.45) is 5.09. The van der Waals surface area contributed by atoms with Gasteiger partial charge in [0.05, 0.1) is 0 Å².